The van der Waals surface area contributed by atoms with Crippen LogP contribution in [0.2, 0.25) is 0 Å². The van der Waals surface area contributed by atoms with Gasteiger partial charge in [-0.15, -0.1) is 0 Å². The summed E-state index contributed by atoms with van der Waals surface area (Å²) in [4.78, 5) is 23.0. The lowest BCUT2D eigenvalue weighted by Gasteiger charge is -2.18. The number of benzene rings is 1. The molecule has 1 aromatic carbocycles. The molecule has 0 fully saturated rings. The molecule has 3 aromatic rings. The molecule has 0 aliphatic heterocycles. The number of hydrogen-bond donors (Lipinski definition) is 3. The van der Waals surface area contributed by atoms with Gasteiger partial charge in [-0.05, 0) is 59.1 Å². The van der Waals surface area contributed by atoms with Gasteiger partial charge in [-0.2, -0.15) is 13.2 Å². The van der Waals surface area contributed by atoms with Crippen LogP contribution in [0.3, 0.4) is 0 Å². The van der Waals surface area contributed by atoms with Gasteiger partial charge in [0.1, 0.15) is 17.3 Å². The first-order chi connectivity index (χ1) is 13.0. The van der Waals surface area contributed by atoms with Gasteiger partial charge in [-0.1, -0.05) is 6.07 Å². The molecule has 6 nitrogen and oxygen atoms in total. The van der Waals surface area contributed by atoms with Crippen LogP contribution < -0.4 is 16.6 Å². The van der Waals surface area contributed by atoms with E-state index in [1.165, 1.54) is 12.1 Å². The molecule has 0 spiro atoms. The number of hydrogen-bond acceptors (Lipinski definition) is 5. The first kappa shape index (κ1) is 20.1. The Morgan fingerprint density at radius 3 is 2.64 bits per heavy atom. The van der Waals surface area contributed by atoms with E-state index in [4.69, 9.17) is 5.73 Å². The van der Waals surface area contributed by atoms with E-state index >= 15 is 0 Å². The summed E-state index contributed by atoms with van der Waals surface area (Å²) in [5.74, 6) is 0.886. The summed E-state index contributed by atoms with van der Waals surface area (Å²) in [6.07, 6.45) is -5.37. The van der Waals surface area contributed by atoms with Crippen LogP contribution in [-0.4, -0.2) is 21.1 Å². The second kappa shape index (κ2) is 7.42. The van der Waals surface area contributed by atoms with Crippen LogP contribution in [0, 0.1) is 6.92 Å². The third-order valence-corrected chi connectivity index (χ3v) is 4.66. The van der Waals surface area contributed by atoms with Crippen molar-refractivity contribution in [2.45, 2.75) is 32.5 Å². The molecule has 0 bridgehead atoms. The molecule has 148 valence electrons. The van der Waals surface area contributed by atoms with Gasteiger partial charge >= 0.3 is 6.18 Å². The topological polar surface area (TPSA) is 96.7 Å². The zero-order valence-electron chi connectivity index (χ0n) is 15.0. The normalized spacial score (nSPS) is 12.9. The number of aromatic amines is 1. The molecule has 0 unspecified atom stereocenters. The van der Waals surface area contributed by atoms with Gasteiger partial charge in [0, 0.05) is 5.69 Å². The Morgan fingerprint density at radius 1 is 1.25 bits per heavy atom. The molecule has 0 radical (unpaired) electrons. The SMILES string of the molecule is Cc1nc(N[C@H](C)c2cc(N)cc(CC(F)(F)F)c2)c2cc(Br)c(=O)[nH]c2n1. The summed E-state index contributed by atoms with van der Waals surface area (Å²) < 4.78 is 38.5. The van der Waals surface area contributed by atoms with Gasteiger partial charge in [0.15, 0.2) is 0 Å². The number of nitrogen functional groups attached to an aromatic ring is 1. The Hall–Kier alpha value is -2.62. The van der Waals surface area contributed by atoms with Gasteiger partial charge in [-0.25, -0.2) is 9.97 Å². The van der Waals surface area contributed by atoms with Crippen molar-refractivity contribution >= 4 is 38.5 Å². The minimum Gasteiger partial charge on any atom is -0.399 e. The van der Waals surface area contributed by atoms with Crippen molar-refractivity contribution in [3.8, 4) is 0 Å². The van der Waals surface area contributed by atoms with Gasteiger partial charge in [0.2, 0.25) is 0 Å². The lowest BCUT2D eigenvalue weighted by molar-refractivity contribution is -0.127. The maximum absolute atomic E-state index is 12.7. The number of fused-ring (bicyclic) bond motifs is 1. The standard InChI is InChI=1S/C18H17BrF3N5O/c1-8(11-3-10(4-12(23)5-11)7-18(20,21)22)24-15-13-6-14(19)17(28)27-16(13)26-9(2)25-15/h3-6,8H,7,23H2,1-2H3,(H2,24,25,26,27,28)/t8-/m1/s1. The molecule has 0 aliphatic rings. The van der Waals surface area contributed by atoms with Crippen molar-refractivity contribution in [2.75, 3.05) is 11.1 Å². The van der Waals surface area contributed by atoms with E-state index < -0.39 is 18.6 Å². The molecule has 0 saturated carbocycles. The van der Waals surface area contributed by atoms with Crippen LogP contribution in [0.15, 0.2) is 33.5 Å². The van der Waals surface area contributed by atoms with Crippen LogP contribution in [0.5, 0.6) is 0 Å². The number of nitrogens with one attached hydrogen (secondary N) is 2. The number of halogens is 4. The highest BCUT2D eigenvalue weighted by atomic mass is 79.9. The predicted molar refractivity (Wildman–Crippen MR) is 105 cm³/mol. The molecule has 2 aromatic heterocycles. The van der Waals surface area contributed by atoms with E-state index in [1.807, 2.05) is 0 Å². The van der Waals surface area contributed by atoms with Crippen LogP contribution >= 0.6 is 15.9 Å². The number of anilines is 2. The Labute approximate surface area is 166 Å². The van der Waals surface area contributed by atoms with Crippen molar-refractivity contribution in [3.05, 3.63) is 56.0 Å². The lowest BCUT2D eigenvalue weighted by Crippen LogP contribution is -2.15. The van der Waals surface area contributed by atoms with E-state index in [0.29, 0.717) is 32.7 Å². The number of aryl methyl sites for hydroxylation is 1. The third kappa shape index (κ3) is 4.61. The van der Waals surface area contributed by atoms with E-state index in [-0.39, 0.29) is 16.8 Å². The second-order valence-electron chi connectivity index (χ2n) is 6.49. The summed E-state index contributed by atoms with van der Waals surface area (Å²) in [6, 6.07) is 5.60. The zero-order valence-corrected chi connectivity index (χ0v) is 16.6. The minimum absolute atomic E-state index is 0.0898. The fourth-order valence-corrected chi connectivity index (χ4v) is 3.23. The summed E-state index contributed by atoms with van der Waals surface area (Å²) in [7, 11) is 0. The Bertz CT molecular complexity index is 1100. The van der Waals surface area contributed by atoms with E-state index in [1.54, 1.807) is 26.0 Å². The Balaban J connectivity index is 1.98. The number of nitrogens with zero attached hydrogens (tertiary/aromatic N) is 2. The minimum atomic E-state index is -4.32. The predicted octanol–water partition coefficient (Wildman–Crippen LogP) is 4.25. The third-order valence-electron chi connectivity index (χ3n) is 4.07. The second-order valence-corrected chi connectivity index (χ2v) is 7.35. The number of nitrogens with two attached hydrogens (primary N) is 1. The lowest BCUT2D eigenvalue weighted by atomic mass is 10.0. The maximum atomic E-state index is 12.7. The van der Waals surface area contributed by atoms with Crippen molar-refractivity contribution in [2.24, 2.45) is 0 Å². The average Bonchev–Trinajstić information content (AvgIpc) is 2.54. The number of alkyl halides is 3. The fraction of sp³-hybridized carbons (Fsp3) is 0.278. The van der Waals surface area contributed by atoms with E-state index in [2.05, 4.69) is 36.2 Å². The monoisotopic (exact) mass is 455 g/mol. The van der Waals surface area contributed by atoms with Crippen molar-refractivity contribution in [3.63, 3.8) is 0 Å². The Morgan fingerprint density at radius 2 is 1.96 bits per heavy atom. The van der Waals surface area contributed by atoms with Crippen LogP contribution in [0.1, 0.15) is 29.9 Å². The number of aromatic nitrogens is 3. The molecule has 0 saturated heterocycles. The van der Waals surface area contributed by atoms with Gasteiger partial charge in [-0.3, -0.25) is 4.79 Å². The molecule has 0 amide bonds. The quantitative estimate of drug-likeness (QED) is 0.511. The van der Waals surface area contributed by atoms with E-state index in [9.17, 15) is 18.0 Å². The summed E-state index contributed by atoms with van der Waals surface area (Å²) in [5.41, 5.74) is 6.76. The average molecular weight is 456 g/mol. The maximum Gasteiger partial charge on any atom is 0.393 e. The largest absolute Gasteiger partial charge is 0.399 e. The van der Waals surface area contributed by atoms with Crippen molar-refractivity contribution in [1.82, 2.24) is 15.0 Å². The molecular weight excluding hydrogens is 439 g/mol. The highest BCUT2D eigenvalue weighted by molar-refractivity contribution is 9.10. The molecule has 28 heavy (non-hydrogen) atoms. The number of rotatable bonds is 4. The fourth-order valence-electron chi connectivity index (χ4n) is 2.90. The number of pyridine rings is 1. The van der Waals surface area contributed by atoms with Gasteiger partial charge in [0.25, 0.3) is 5.56 Å². The highest BCUT2D eigenvalue weighted by Gasteiger charge is 2.28. The van der Waals surface area contributed by atoms with Crippen molar-refractivity contribution < 1.29 is 13.2 Å². The summed E-state index contributed by atoms with van der Waals surface area (Å²) in [5, 5.41) is 3.75. The van der Waals surface area contributed by atoms with Gasteiger partial charge < -0.3 is 16.0 Å². The van der Waals surface area contributed by atoms with Crippen molar-refractivity contribution in [1.29, 1.82) is 0 Å². The molecule has 0 aliphatic carbocycles. The molecule has 4 N–H and O–H groups in total. The molecular formula is C18H17BrF3N5O. The number of H-pyrrole nitrogens is 1. The summed E-state index contributed by atoms with van der Waals surface area (Å²) in [6.45, 7) is 3.47. The first-order valence-corrected chi connectivity index (χ1v) is 9.11. The first-order valence-electron chi connectivity index (χ1n) is 8.31. The zero-order chi connectivity index (χ0) is 20.6. The molecule has 1 atom stereocenters. The van der Waals surface area contributed by atoms with E-state index in [0.717, 1.165) is 0 Å². The van der Waals surface area contributed by atoms with Crippen LogP contribution in [0.25, 0.3) is 11.0 Å². The molecule has 10 heteroatoms. The smallest absolute Gasteiger partial charge is 0.393 e. The van der Waals surface area contributed by atoms with Crippen LogP contribution in [-0.2, 0) is 6.42 Å². The van der Waals surface area contributed by atoms with Gasteiger partial charge in [0.05, 0.1) is 22.3 Å². The molecule has 3 rings (SSSR count). The molecule has 2 heterocycles. The Kier molecular flexibility index (Phi) is 5.33. The highest BCUT2D eigenvalue weighted by Crippen LogP contribution is 2.28. The summed E-state index contributed by atoms with van der Waals surface area (Å²) >= 11 is 3.18. The van der Waals surface area contributed by atoms with Crippen LogP contribution in [0.4, 0.5) is 24.7 Å².